The third-order valence-corrected chi connectivity index (χ3v) is 6.54. The highest BCUT2D eigenvalue weighted by Gasteiger charge is 2.66. The summed E-state index contributed by atoms with van der Waals surface area (Å²) in [5, 5.41) is 2.30. The van der Waals surface area contributed by atoms with Gasteiger partial charge in [0, 0.05) is 0 Å². The minimum atomic E-state index is -5.57. The van der Waals surface area contributed by atoms with Gasteiger partial charge in [-0.2, -0.15) is 17.6 Å². The van der Waals surface area contributed by atoms with Crippen molar-refractivity contribution in [2.24, 2.45) is 0 Å². The van der Waals surface area contributed by atoms with Crippen molar-refractivity contribution in [1.82, 2.24) is 4.90 Å². The molecule has 1 aromatic carbocycles. The molecule has 0 saturated heterocycles. The van der Waals surface area contributed by atoms with Crippen LogP contribution in [0.4, 0.5) is 17.6 Å². The Bertz CT molecular complexity index is 782. The lowest BCUT2D eigenvalue weighted by atomic mass is 10.2. The van der Waals surface area contributed by atoms with Gasteiger partial charge >= 0.3 is 17.1 Å². The highest BCUT2D eigenvalue weighted by Crippen LogP contribution is 2.43. The number of phenols is 1. The van der Waals surface area contributed by atoms with Crippen LogP contribution in [-0.4, -0.2) is 60.6 Å². The van der Waals surface area contributed by atoms with Crippen LogP contribution in [-0.2, 0) is 14.6 Å². The molecule has 28 heavy (non-hydrogen) atoms. The second-order valence-corrected chi connectivity index (χ2v) is 8.27. The molecule has 1 N–H and O–H groups in total. The number of nitrogens with zero attached hydrogens (tertiary/aromatic N) is 1. The number of phenolic OH excluding ortho intramolecular Hbond substituents is 1. The predicted octanol–water partition coefficient (Wildman–Crippen LogP) is 3.27. The zero-order chi connectivity index (χ0) is 21.8. The summed E-state index contributed by atoms with van der Waals surface area (Å²) in [5.74, 6) is -6.64. The minimum absolute atomic E-state index is 0.0801. The number of sulfone groups is 1. The molecule has 6 nitrogen and oxygen atoms in total. The minimum Gasteiger partial charge on any atom is -0.507 e. The van der Waals surface area contributed by atoms with E-state index in [1.54, 1.807) is 0 Å². The van der Waals surface area contributed by atoms with E-state index in [1.807, 2.05) is 0 Å². The van der Waals surface area contributed by atoms with Crippen molar-refractivity contribution < 1.29 is 40.6 Å². The second kappa shape index (κ2) is 9.08. The van der Waals surface area contributed by atoms with Crippen LogP contribution in [0.3, 0.4) is 0 Å². The summed E-state index contributed by atoms with van der Waals surface area (Å²) in [7, 11) is -5.57. The van der Waals surface area contributed by atoms with Crippen LogP contribution in [0.1, 0.15) is 37.6 Å². The molecule has 0 fully saturated rings. The van der Waals surface area contributed by atoms with Crippen LogP contribution >= 0.6 is 0 Å². The van der Waals surface area contributed by atoms with Crippen molar-refractivity contribution in [1.29, 1.82) is 0 Å². The molecule has 0 spiro atoms. The van der Waals surface area contributed by atoms with Crippen molar-refractivity contribution in [2.75, 3.05) is 19.7 Å². The van der Waals surface area contributed by atoms with Gasteiger partial charge in [-0.05, 0) is 32.1 Å². The first-order chi connectivity index (χ1) is 12.8. The maximum Gasteiger partial charge on any atom is 0.408 e. The van der Waals surface area contributed by atoms with E-state index >= 15 is 0 Å². The van der Waals surface area contributed by atoms with E-state index in [9.17, 15) is 35.9 Å². The van der Waals surface area contributed by atoms with Crippen molar-refractivity contribution in [3.63, 3.8) is 0 Å². The molecule has 160 valence electrons. The van der Waals surface area contributed by atoms with E-state index in [-0.39, 0.29) is 18.7 Å². The summed E-state index contributed by atoms with van der Waals surface area (Å²) in [6, 6.07) is 5.09. The molecule has 0 saturated carbocycles. The summed E-state index contributed by atoms with van der Waals surface area (Å²) in [5.41, 5.74) is -0.333. The molecule has 0 bridgehead atoms. The SMILES string of the molecule is CCN(CC)C(C)S(=O)(=O)C(F)(F)C(F)(F)CCOC(=O)c1ccccc1O. The summed E-state index contributed by atoms with van der Waals surface area (Å²) in [6.07, 6.45) is -1.70. The zero-order valence-electron chi connectivity index (χ0n) is 15.7. The Kier molecular flexibility index (Phi) is 7.83. The normalized spacial score (nSPS) is 14.1. The van der Waals surface area contributed by atoms with E-state index in [1.165, 1.54) is 26.0 Å². The Hall–Kier alpha value is -1.88. The number of para-hydroxylation sites is 1. The second-order valence-electron chi connectivity index (χ2n) is 5.99. The van der Waals surface area contributed by atoms with Gasteiger partial charge in [0.25, 0.3) is 0 Å². The van der Waals surface area contributed by atoms with Crippen LogP contribution in [0.15, 0.2) is 24.3 Å². The Morgan fingerprint density at radius 1 is 1.18 bits per heavy atom. The number of carbonyl (C=O) groups is 1. The molecule has 0 aliphatic carbocycles. The standard InChI is InChI=1S/C17H23F4NO5S/c1-4-22(5-2)12(3)28(25,26)17(20,21)16(18,19)10-11-27-15(24)13-8-6-7-9-14(13)23/h6-9,12,23H,4-5,10-11H2,1-3H3. The van der Waals surface area contributed by atoms with Crippen molar-refractivity contribution in [3.05, 3.63) is 29.8 Å². The number of hydrogen-bond donors (Lipinski definition) is 1. The lowest BCUT2D eigenvalue weighted by Gasteiger charge is -2.32. The third kappa shape index (κ3) is 4.75. The summed E-state index contributed by atoms with van der Waals surface area (Å²) in [6.45, 7) is 2.96. The molecule has 11 heteroatoms. The monoisotopic (exact) mass is 429 g/mol. The molecule has 1 atom stereocenters. The summed E-state index contributed by atoms with van der Waals surface area (Å²) < 4.78 is 85.3. The largest absolute Gasteiger partial charge is 0.507 e. The number of aromatic hydroxyl groups is 1. The topological polar surface area (TPSA) is 83.9 Å². The number of hydrogen-bond acceptors (Lipinski definition) is 6. The van der Waals surface area contributed by atoms with Gasteiger partial charge < -0.3 is 9.84 Å². The average Bonchev–Trinajstić information content (AvgIpc) is 2.62. The van der Waals surface area contributed by atoms with Crippen molar-refractivity contribution >= 4 is 15.8 Å². The first-order valence-electron chi connectivity index (χ1n) is 8.51. The predicted molar refractivity (Wildman–Crippen MR) is 94.2 cm³/mol. The average molecular weight is 429 g/mol. The van der Waals surface area contributed by atoms with Crippen molar-refractivity contribution in [2.45, 2.75) is 43.7 Å². The van der Waals surface area contributed by atoms with Crippen LogP contribution in [0.2, 0.25) is 0 Å². The van der Waals surface area contributed by atoms with Gasteiger partial charge in [-0.1, -0.05) is 26.0 Å². The number of alkyl halides is 4. The van der Waals surface area contributed by atoms with Gasteiger partial charge in [-0.3, -0.25) is 4.90 Å². The van der Waals surface area contributed by atoms with Gasteiger partial charge in [-0.25, -0.2) is 13.2 Å². The van der Waals surface area contributed by atoms with Crippen LogP contribution in [0.5, 0.6) is 5.75 Å². The van der Waals surface area contributed by atoms with E-state index in [0.29, 0.717) is 0 Å². The summed E-state index contributed by atoms with van der Waals surface area (Å²) >= 11 is 0. The van der Waals surface area contributed by atoms with E-state index < -0.39 is 51.1 Å². The van der Waals surface area contributed by atoms with Gasteiger partial charge in [-0.15, -0.1) is 0 Å². The van der Waals surface area contributed by atoms with Gasteiger partial charge in [0.1, 0.15) is 16.7 Å². The quantitative estimate of drug-likeness (QED) is 0.454. The Labute approximate surface area is 161 Å². The molecule has 1 rings (SSSR count). The Morgan fingerprint density at radius 3 is 2.21 bits per heavy atom. The highest BCUT2D eigenvalue weighted by atomic mass is 32.2. The zero-order valence-corrected chi connectivity index (χ0v) is 16.5. The van der Waals surface area contributed by atoms with Crippen LogP contribution in [0.25, 0.3) is 0 Å². The van der Waals surface area contributed by atoms with Crippen LogP contribution in [0, 0.1) is 0 Å². The van der Waals surface area contributed by atoms with Crippen LogP contribution < -0.4 is 0 Å². The lowest BCUT2D eigenvalue weighted by molar-refractivity contribution is -0.166. The van der Waals surface area contributed by atoms with E-state index in [0.717, 1.165) is 24.0 Å². The first kappa shape index (κ1) is 24.2. The lowest BCUT2D eigenvalue weighted by Crippen LogP contribution is -2.54. The first-order valence-corrected chi connectivity index (χ1v) is 10.1. The third-order valence-electron chi connectivity index (χ3n) is 4.33. The fraction of sp³-hybridized carbons (Fsp3) is 0.588. The molecule has 0 aliphatic rings. The molecular formula is C17H23F4NO5S. The van der Waals surface area contributed by atoms with Gasteiger partial charge in [0.2, 0.25) is 9.84 Å². The van der Waals surface area contributed by atoms with Crippen molar-refractivity contribution in [3.8, 4) is 5.75 Å². The van der Waals surface area contributed by atoms with E-state index in [4.69, 9.17) is 0 Å². The molecule has 0 heterocycles. The number of carbonyl (C=O) groups excluding carboxylic acids is 1. The fourth-order valence-corrected chi connectivity index (χ4v) is 4.14. The molecule has 0 radical (unpaired) electrons. The molecular weight excluding hydrogens is 406 g/mol. The number of rotatable bonds is 10. The van der Waals surface area contributed by atoms with E-state index in [2.05, 4.69) is 4.74 Å². The number of esters is 1. The summed E-state index contributed by atoms with van der Waals surface area (Å²) in [4.78, 5) is 12.8. The molecule has 1 unspecified atom stereocenters. The number of benzene rings is 1. The maximum absolute atomic E-state index is 14.2. The molecule has 0 aliphatic heterocycles. The number of halogens is 4. The van der Waals surface area contributed by atoms with Gasteiger partial charge in [0.15, 0.2) is 0 Å². The molecule has 1 aromatic rings. The van der Waals surface area contributed by atoms with Gasteiger partial charge in [0.05, 0.1) is 13.0 Å². The fourth-order valence-electron chi connectivity index (χ4n) is 2.50. The highest BCUT2D eigenvalue weighted by molar-refractivity contribution is 7.93. The molecule has 0 amide bonds. The molecule has 0 aromatic heterocycles. The smallest absolute Gasteiger partial charge is 0.408 e. The maximum atomic E-state index is 14.2. The number of ether oxygens (including phenoxy) is 1. The Morgan fingerprint density at radius 2 is 1.71 bits per heavy atom. The Balaban J connectivity index is 2.89.